The summed E-state index contributed by atoms with van der Waals surface area (Å²) in [6.45, 7) is -1.73. The molecule has 28 heteroatoms. The molecule has 24 nitrogen and oxygen atoms in total. The fourth-order valence-electron chi connectivity index (χ4n) is 6.20. The molecule has 302 valence electrons. The fourth-order valence-corrected chi connectivity index (χ4v) is 7.50. The first-order valence-electron chi connectivity index (χ1n) is 16.2. The number of hydrogen-bond donors (Lipinski definition) is 8. The van der Waals surface area contributed by atoms with Crippen LogP contribution in [0.3, 0.4) is 0 Å². The number of aliphatic hydroxyl groups excluding tert-OH is 2. The number of aromatic nitrogens is 8. The van der Waals surface area contributed by atoms with Crippen LogP contribution in [0.4, 0.5) is 20.5 Å². The van der Waals surface area contributed by atoms with Gasteiger partial charge >= 0.3 is 15.6 Å². The summed E-state index contributed by atoms with van der Waals surface area (Å²) in [4.78, 5) is 64.7. The normalized spacial score (nSPS) is 26.6. The largest absolute Gasteiger partial charge is 0.472 e. The first kappa shape index (κ1) is 39.8. The number of nitrogens with one attached hydrogen (secondary N) is 2. The Bertz CT molecular complexity index is 2400. The molecule has 2 saturated heterocycles. The number of methoxy groups -OCH3 is 1. The highest BCUT2D eigenvalue weighted by molar-refractivity contribution is 7.47. The molecule has 0 aliphatic carbocycles. The van der Waals surface area contributed by atoms with Gasteiger partial charge in [0, 0.05) is 13.7 Å². The number of nitrogens with zero attached hydrogens (tertiary/aromatic N) is 7. The number of rotatable bonds is 14. The monoisotopic (exact) mass is 832 g/mol. The van der Waals surface area contributed by atoms with Gasteiger partial charge in [-0.3, -0.25) is 32.5 Å². The Morgan fingerprint density at radius 2 is 1.61 bits per heavy atom. The molecular weight excluding hydrogens is 800 g/mol. The lowest BCUT2D eigenvalue weighted by atomic mass is 10.1. The molecule has 5 aromatic rings. The van der Waals surface area contributed by atoms with Crippen molar-refractivity contribution in [3.8, 4) is 0 Å². The van der Waals surface area contributed by atoms with E-state index in [1.807, 2.05) is 0 Å². The van der Waals surface area contributed by atoms with Gasteiger partial charge in [0.05, 0.1) is 25.9 Å². The van der Waals surface area contributed by atoms with Gasteiger partial charge in [0.1, 0.15) is 43.0 Å². The average Bonchev–Trinajstić information content (AvgIpc) is 3.90. The number of nitrogen functional groups attached to an aromatic ring is 1. The van der Waals surface area contributed by atoms with E-state index in [4.69, 9.17) is 29.0 Å². The Morgan fingerprint density at radius 1 is 0.911 bits per heavy atom. The number of anilines is 2. The summed E-state index contributed by atoms with van der Waals surface area (Å²) in [5, 5.41) is 24.4. The van der Waals surface area contributed by atoms with Crippen LogP contribution in [-0.2, 0) is 43.5 Å². The number of halogens is 2. The van der Waals surface area contributed by atoms with Crippen LogP contribution >= 0.6 is 15.6 Å². The molecule has 6 heterocycles. The van der Waals surface area contributed by atoms with Gasteiger partial charge in [0.15, 0.2) is 52.2 Å². The summed E-state index contributed by atoms with van der Waals surface area (Å²) < 4.78 is 87.1. The summed E-state index contributed by atoms with van der Waals surface area (Å²) in [7, 11) is -9.14. The molecule has 2 aliphatic rings. The minimum Gasteiger partial charge on any atom is -0.387 e. The second-order valence-electron chi connectivity index (χ2n) is 12.4. The molecule has 2 aliphatic heterocycles. The van der Waals surface area contributed by atoms with Crippen molar-refractivity contribution in [1.82, 2.24) is 39.0 Å². The second-order valence-corrected chi connectivity index (χ2v) is 15.0. The standard InChI is InChI=1S/C28H32F2N10O14P2/c1-49-21-20(54-56(47,48)51-6-14-18(41)19(42)26(52-14)40-10-36-17-24(40)37-28(31)38-25(17)43)15(7-50-55(44,45)46)53-27(21)39-9-35-16-22(33-8-34-23(16)39)32-5-11-2-3-12(29)13(30)4-11/h2-4,8-10,14-15,18-21,26-27,41-42H,5-7H2,1H3,(H,47,48)(H,32,33,34)(H2,44,45,46)(H3,31,37,38,43). The van der Waals surface area contributed by atoms with E-state index >= 15 is 0 Å². The van der Waals surface area contributed by atoms with Gasteiger partial charge in [-0.1, -0.05) is 6.07 Å². The van der Waals surface area contributed by atoms with Crippen molar-refractivity contribution < 1.29 is 70.6 Å². The number of H-pyrrole nitrogens is 1. The Labute approximate surface area is 311 Å². The third-order valence-corrected chi connectivity index (χ3v) is 10.2. The van der Waals surface area contributed by atoms with Crippen molar-refractivity contribution in [2.75, 3.05) is 31.4 Å². The van der Waals surface area contributed by atoms with Gasteiger partial charge in [0.2, 0.25) is 5.95 Å². The molecule has 7 rings (SSSR count). The molecule has 2 fully saturated rings. The third-order valence-electron chi connectivity index (χ3n) is 8.76. The Kier molecular flexibility index (Phi) is 11.0. The Balaban J connectivity index is 1.08. The zero-order valence-corrected chi connectivity index (χ0v) is 30.3. The number of phosphoric acid groups is 2. The molecule has 0 radical (unpaired) electrons. The van der Waals surface area contributed by atoms with Crippen LogP contribution in [0.1, 0.15) is 18.0 Å². The van der Waals surface area contributed by atoms with Gasteiger partial charge in [-0.15, -0.1) is 0 Å². The molecule has 9 unspecified atom stereocenters. The van der Waals surface area contributed by atoms with Gasteiger partial charge in [0.25, 0.3) is 5.56 Å². The highest BCUT2D eigenvalue weighted by Crippen LogP contribution is 2.50. The van der Waals surface area contributed by atoms with Crippen LogP contribution in [0, 0.1) is 11.6 Å². The average molecular weight is 833 g/mol. The minimum atomic E-state index is -5.22. The van der Waals surface area contributed by atoms with Gasteiger partial charge in [-0.25, -0.2) is 37.8 Å². The first-order valence-corrected chi connectivity index (χ1v) is 19.2. The van der Waals surface area contributed by atoms with E-state index in [0.29, 0.717) is 5.56 Å². The highest BCUT2D eigenvalue weighted by atomic mass is 31.2. The van der Waals surface area contributed by atoms with Crippen molar-refractivity contribution in [1.29, 1.82) is 0 Å². The molecule has 0 amide bonds. The molecule has 9 atom stereocenters. The Morgan fingerprint density at radius 3 is 2.32 bits per heavy atom. The number of ether oxygens (including phenoxy) is 3. The van der Waals surface area contributed by atoms with E-state index < -0.39 is 95.1 Å². The van der Waals surface area contributed by atoms with Crippen LogP contribution in [0.2, 0.25) is 0 Å². The maximum absolute atomic E-state index is 13.7. The molecule has 1 aromatic carbocycles. The van der Waals surface area contributed by atoms with Crippen LogP contribution in [0.25, 0.3) is 22.3 Å². The van der Waals surface area contributed by atoms with Gasteiger partial charge < -0.3 is 50.2 Å². The maximum atomic E-state index is 13.7. The van der Waals surface area contributed by atoms with E-state index in [0.717, 1.165) is 29.4 Å². The highest BCUT2D eigenvalue weighted by Gasteiger charge is 2.52. The molecular formula is C28H32F2N10O14P2. The first-order chi connectivity index (χ1) is 26.5. The lowest BCUT2D eigenvalue weighted by Crippen LogP contribution is -2.38. The van der Waals surface area contributed by atoms with E-state index in [1.165, 1.54) is 24.1 Å². The lowest BCUT2D eigenvalue weighted by molar-refractivity contribution is -0.0582. The number of benzene rings is 1. The zero-order chi connectivity index (χ0) is 40.1. The number of phosphoric ester groups is 2. The van der Waals surface area contributed by atoms with Crippen molar-refractivity contribution >= 4 is 49.7 Å². The number of aliphatic hydroxyl groups is 2. The zero-order valence-electron chi connectivity index (χ0n) is 28.5. The lowest BCUT2D eigenvalue weighted by Gasteiger charge is -2.26. The number of aromatic amines is 1. The minimum absolute atomic E-state index is 0.0107. The maximum Gasteiger partial charge on any atom is 0.472 e. The molecule has 0 saturated carbocycles. The van der Waals surface area contributed by atoms with E-state index in [2.05, 4.69) is 39.7 Å². The number of imidazole rings is 2. The fraction of sp³-hybridized carbons (Fsp3) is 0.429. The quantitative estimate of drug-likeness (QED) is 0.0658. The predicted molar refractivity (Wildman–Crippen MR) is 181 cm³/mol. The van der Waals surface area contributed by atoms with Gasteiger partial charge in [-0.05, 0) is 17.7 Å². The van der Waals surface area contributed by atoms with Crippen LogP contribution in [-0.4, -0.2) is 121 Å². The van der Waals surface area contributed by atoms with Crippen LogP contribution < -0.4 is 16.6 Å². The number of fused-ring (bicyclic) bond motifs is 2. The predicted octanol–water partition coefficient (Wildman–Crippen LogP) is -0.425. The van der Waals surface area contributed by atoms with Crippen LogP contribution in [0.5, 0.6) is 0 Å². The summed E-state index contributed by atoms with van der Waals surface area (Å²) >= 11 is 0. The van der Waals surface area contributed by atoms with E-state index in [1.54, 1.807) is 0 Å². The molecule has 9 N–H and O–H groups in total. The topological polar surface area (TPSA) is 336 Å². The van der Waals surface area contributed by atoms with Gasteiger partial charge in [-0.2, -0.15) is 4.98 Å². The third kappa shape index (κ3) is 8.05. The summed E-state index contributed by atoms with van der Waals surface area (Å²) in [5.41, 5.74) is 5.39. The van der Waals surface area contributed by atoms with Crippen molar-refractivity contribution in [3.63, 3.8) is 0 Å². The smallest absolute Gasteiger partial charge is 0.387 e. The molecule has 4 aromatic heterocycles. The number of hydrogen-bond acceptors (Lipinski definition) is 18. The SMILES string of the molecule is COC1C(OP(=O)(O)OCC2OC(n3cnc4c(=O)[nH]c(N)nc43)C(O)C2O)C(COP(=O)(O)O)OC1n1cnc2c(NCc3ccc(F)c(F)c3)ncnc21. The van der Waals surface area contributed by atoms with Crippen LogP contribution in [0.15, 0.2) is 42.0 Å². The second kappa shape index (κ2) is 15.5. The molecule has 56 heavy (non-hydrogen) atoms. The van der Waals surface area contributed by atoms with Crippen molar-refractivity contribution in [3.05, 3.63) is 64.7 Å². The van der Waals surface area contributed by atoms with Crippen molar-refractivity contribution in [2.24, 2.45) is 0 Å². The van der Waals surface area contributed by atoms with Crippen molar-refractivity contribution in [2.45, 2.75) is 55.6 Å². The Hall–Kier alpha value is -4.40. The number of nitrogens with two attached hydrogens (primary N) is 1. The molecule has 0 bridgehead atoms. The summed E-state index contributed by atoms with van der Waals surface area (Å²) in [6, 6.07) is 3.34. The summed E-state index contributed by atoms with van der Waals surface area (Å²) in [6.07, 6.45) is -8.51. The van der Waals surface area contributed by atoms with E-state index in [9.17, 15) is 47.6 Å². The summed E-state index contributed by atoms with van der Waals surface area (Å²) in [5.74, 6) is -2.15. The molecule has 0 spiro atoms. The van der Waals surface area contributed by atoms with E-state index in [-0.39, 0.29) is 40.6 Å².